The highest BCUT2D eigenvalue weighted by atomic mass is 16.5. The van der Waals surface area contributed by atoms with Crippen LogP contribution in [-0.2, 0) is 4.74 Å². The number of phenols is 1. The third-order valence-corrected chi connectivity index (χ3v) is 3.58. The van der Waals surface area contributed by atoms with Crippen LogP contribution < -0.4 is 5.32 Å². The highest BCUT2D eigenvalue weighted by Gasteiger charge is 2.16. The highest BCUT2D eigenvalue weighted by molar-refractivity contribution is 5.37. The Morgan fingerprint density at radius 1 is 1.44 bits per heavy atom. The van der Waals surface area contributed by atoms with E-state index in [-0.39, 0.29) is 6.04 Å². The molecule has 100 valence electrons. The van der Waals surface area contributed by atoms with Crippen molar-refractivity contribution in [2.75, 3.05) is 13.2 Å². The van der Waals surface area contributed by atoms with Gasteiger partial charge >= 0.3 is 0 Å². The van der Waals surface area contributed by atoms with Crippen LogP contribution in [0.15, 0.2) is 18.2 Å². The van der Waals surface area contributed by atoms with Crippen molar-refractivity contribution < 1.29 is 9.84 Å². The number of ether oxygens (including phenoxy) is 1. The lowest BCUT2D eigenvalue weighted by Crippen LogP contribution is -2.33. The van der Waals surface area contributed by atoms with Crippen LogP contribution in [0.1, 0.15) is 43.4 Å². The Labute approximate surface area is 109 Å². The minimum absolute atomic E-state index is 0.149. The van der Waals surface area contributed by atoms with E-state index in [0.29, 0.717) is 11.9 Å². The van der Waals surface area contributed by atoms with Crippen molar-refractivity contribution >= 4 is 0 Å². The average molecular weight is 249 g/mol. The first-order valence-electron chi connectivity index (χ1n) is 6.81. The number of hydrogen-bond acceptors (Lipinski definition) is 3. The number of rotatable bonds is 4. The Balaban J connectivity index is 1.88. The maximum Gasteiger partial charge on any atom is 0.120 e. The smallest absolute Gasteiger partial charge is 0.120 e. The summed E-state index contributed by atoms with van der Waals surface area (Å²) in [6.45, 7) is 5.80. The molecule has 1 aromatic rings. The Hall–Kier alpha value is -1.06. The molecule has 2 N–H and O–H groups in total. The van der Waals surface area contributed by atoms with Gasteiger partial charge in [0.2, 0.25) is 0 Å². The van der Waals surface area contributed by atoms with Crippen LogP contribution in [0, 0.1) is 6.92 Å². The zero-order valence-electron chi connectivity index (χ0n) is 11.3. The lowest BCUT2D eigenvalue weighted by atomic mass is 10.0. The van der Waals surface area contributed by atoms with Gasteiger partial charge in [0, 0.05) is 24.8 Å². The molecule has 2 atom stereocenters. The molecule has 3 nitrogen and oxygen atoms in total. The summed E-state index contributed by atoms with van der Waals surface area (Å²) >= 11 is 0. The zero-order valence-corrected chi connectivity index (χ0v) is 11.3. The van der Waals surface area contributed by atoms with E-state index in [1.807, 2.05) is 25.1 Å². The fourth-order valence-electron chi connectivity index (χ4n) is 2.41. The van der Waals surface area contributed by atoms with Gasteiger partial charge < -0.3 is 15.2 Å². The highest BCUT2D eigenvalue weighted by Crippen LogP contribution is 2.25. The summed E-state index contributed by atoms with van der Waals surface area (Å²) in [5.74, 6) is 0.375. The lowest BCUT2D eigenvalue weighted by molar-refractivity contribution is 0.0156. The van der Waals surface area contributed by atoms with Crippen molar-refractivity contribution in [3.63, 3.8) is 0 Å². The fraction of sp³-hybridized carbons (Fsp3) is 0.600. The predicted molar refractivity (Wildman–Crippen MR) is 72.9 cm³/mol. The average Bonchev–Trinajstić information content (AvgIpc) is 2.37. The molecule has 1 saturated heterocycles. The van der Waals surface area contributed by atoms with Crippen LogP contribution in [0.2, 0.25) is 0 Å². The molecule has 18 heavy (non-hydrogen) atoms. The molecule has 1 aliphatic rings. The summed E-state index contributed by atoms with van der Waals surface area (Å²) in [4.78, 5) is 0. The number of benzene rings is 1. The molecule has 1 aromatic carbocycles. The molecule has 1 fully saturated rings. The van der Waals surface area contributed by atoms with Crippen LogP contribution in [-0.4, -0.2) is 24.4 Å². The van der Waals surface area contributed by atoms with E-state index in [9.17, 15) is 5.11 Å². The molecule has 0 amide bonds. The Morgan fingerprint density at radius 3 is 2.94 bits per heavy atom. The van der Waals surface area contributed by atoms with Crippen molar-refractivity contribution in [2.45, 2.75) is 45.3 Å². The Kier molecular flexibility index (Phi) is 4.61. The van der Waals surface area contributed by atoms with E-state index in [1.54, 1.807) is 0 Å². The first-order valence-corrected chi connectivity index (χ1v) is 6.81. The maximum absolute atomic E-state index is 9.93. The number of aromatic hydroxyl groups is 1. The number of nitrogens with one attached hydrogen (secondary N) is 1. The molecule has 0 aliphatic carbocycles. The van der Waals surface area contributed by atoms with Gasteiger partial charge in [0.05, 0.1) is 6.10 Å². The molecule has 1 aliphatic heterocycles. The van der Waals surface area contributed by atoms with Gasteiger partial charge in [-0.3, -0.25) is 0 Å². The lowest BCUT2D eigenvalue weighted by Gasteiger charge is -2.25. The first kappa shape index (κ1) is 13.4. The van der Waals surface area contributed by atoms with Crippen LogP contribution in [0.3, 0.4) is 0 Å². The quantitative estimate of drug-likeness (QED) is 0.862. The molecule has 0 saturated carbocycles. The maximum atomic E-state index is 9.93. The Bertz CT molecular complexity index is 386. The standard InChI is InChI=1S/C15H23NO2/c1-11-6-7-14(15(17)9-11)12(2)16-10-13-5-3-4-8-18-13/h6-7,9,12-13,16-17H,3-5,8,10H2,1-2H3. The molecular formula is C15H23NO2. The van der Waals surface area contributed by atoms with Crippen LogP contribution in [0.4, 0.5) is 0 Å². The summed E-state index contributed by atoms with van der Waals surface area (Å²) in [6.07, 6.45) is 3.91. The largest absolute Gasteiger partial charge is 0.508 e. The van der Waals surface area contributed by atoms with E-state index in [4.69, 9.17) is 4.74 Å². The minimum atomic E-state index is 0.149. The number of aryl methyl sites for hydroxylation is 1. The van der Waals surface area contributed by atoms with Gasteiger partial charge in [-0.1, -0.05) is 12.1 Å². The predicted octanol–water partition coefficient (Wildman–Crippen LogP) is 2.92. The summed E-state index contributed by atoms with van der Waals surface area (Å²) < 4.78 is 5.69. The topological polar surface area (TPSA) is 41.5 Å². The van der Waals surface area contributed by atoms with Gasteiger partial charge in [0.15, 0.2) is 0 Å². The second kappa shape index (κ2) is 6.21. The van der Waals surface area contributed by atoms with Crippen molar-refractivity contribution in [3.05, 3.63) is 29.3 Å². The third-order valence-electron chi connectivity index (χ3n) is 3.58. The second-order valence-corrected chi connectivity index (χ2v) is 5.18. The SMILES string of the molecule is Cc1ccc(C(C)NCC2CCCCO2)c(O)c1. The first-order chi connectivity index (χ1) is 8.66. The summed E-state index contributed by atoms with van der Waals surface area (Å²) in [5.41, 5.74) is 2.04. The van der Waals surface area contributed by atoms with Crippen LogP contribution in [0.25, 0.3) is 0 Å². The molecule has 2 unspecified atom stereocenters. The van der Waals surface area contributed by atoms with Crippen molar-refractivity contribution in [1.82, 2.24) is 5.32 Å². The van der Waals surface area contributed by atoms with Crippen LogP contribution in [0.5, 0.6) is 5.75 Å². The molecule has 0 bridgehead atoms. The van der Waals surface area contributed by atoms with E-state index in [0.717, 1.165) is 30.7 Å². The second-order valence-electron chi connectivity index (χ2n) is 5.18. The molecule has 0 spiro atoms. The molecule has 0 aromatic heterocycles. The van der Waals surface area contributed by atoms with Crippen molar-refractivity contribution in [2.24, 2.45) is 0 Å². The monoisotopic (exact) mass is 249 g/mol. The molecule has 1 heterocycles. The summed E-state index contributed by atoms with van der Waals surface area (Å²) in [7, 11) is 0. The molecule has 2 rings (SSSR count). The zero-order chi connectivity index (χ0) is 13.0. The van der Waals surface area contributed by atoms with E-state index < -0.39 is 0 Å². The molecule has 3 heteroatoms. The summed E-state index contributed by atoms with van der Waals surface area (Å²) in [5, 5.41) is 13.4. The van der Waals surface area contributed by atoms with Crippen molar-refractivity contribution in [3.8, 4) is 5.75 Å². The van der Waals surface area contributed by atoms with Gasteiger partial charge in [-0.15, -0.1) is 0 Å². The molecular weight excluding hydrogens is 226 g/mol. The number of hydrogen-bond donors (Lipinski definition) is 2. The van der Waals surface area contributed by atoms with Gasteiger partial charge in [0.1, 0.15) is 5.75 Å². The van der Waals surface area contributed by atoms with E-state index >= 15 is 0 Å². The van der Waals surface area contributed by atoms with Crippen LogP contribution >= 0.6 is 0 Å². The van der Waals surface area contributed by atoms with Gasteiger partial charge in [0.25, 0.3) is 0 Å². The van der Waals surface area contributed by atoms with E-state index in [1.165, 1.54) is 12.8 Å². The Morgan fingerprint density at radius 2 is 2.28 bits per heavy atom. The van der Waals surface area contributed by atoms with Gasteiger partial charge in [-0.2, -0.15) is 0 Å². The fourth-order valence-corrected chi connectivity index (χ4v) is 2.41. The molecule has 0 radical (unpaired) electrons. The van der Waals surface area contributed by atoms with E-state index in [2.05, 4.69) is 12.2 Å². The number of phenolic OH excluding ortho intramolecular Hbond substituents is 1. The normalized spacial score (nSPS) is 21.8. The third kappa shape index (κ3) is 3.47. The van der Waals surface area contributed by atoms with Crippen molar-refractivity contribution in [1.29, 1.82) is 0 Å². The minimum Gasteiger partial charge on any atom is -0.508 e. The summed E-state index contributed by atoms with van der Waals surface area (Å²) in [6, 6.07) is 5.98. The van der Waals surface area contributed by atoms with Gasteiger partial charge in [-0.05, 0) is 44.7 Å². The van der Waals surface area contributed by atoms with Gasteiger partial charge in [-0.25, -0.2) is 0 Å².